The summed E-state index contributed by atoms with van der Waals surface area (Å²) in [5.74, 6) is -0.261. The monoisotopic (exact) mass is 530 g/mol. The molecule has 0 atom stereocenters. The Balaban J connectivity index is 1.74. The number of amides is 1. The Morgan fingerprint density at radius 1 is 0.757 bits per heavy atom. The van der Waals surface area contributed by atoms with Gasteiger partial charge in [-0.1, -0.05) is 114 Å². The molecule has 0 fully saturated rings. The average molecular weight is 531 g/mol. The first-order valence-corrected chi connectivity index (χ1v) is 12.6. The minimum absolute atomic E-state index is 0.0316. The minimum Gasteiger partial charge on any atom is -0.370 e. The van der Waals surface area contributed by atoms with E-state index in [0.717, 1.165) is 22.3 Å². The largest absolute Gasteiger partial charge is 0.370 e. The summed E-state index contributed by atoms with van der Waals surface area (Å²) >= 11 is 12.9. The van der Waals surface area contributed by atoms with Crippen molar-refractivity contribution in [3.63, 3.8) is 0 Å². The first-order valence-electron chi connectivity index (χ1n) is 11.9. The molecule has 4 aromatic carbocycles. The van der Waals surface area contributed by atoms with Crippen molar-refractivity contribution in [1.29, 1.82) is 0 Å². The molecule has 0 saturated carbocycles. The molecule has 4 N–H and O–H groups in total. The maximum absolute atomic E-state index is 14.0. The SMILES string of the molecule is NC(N)=NCc1cccc(CN(CC(c2ccccc2)c2ccccc2)C(=O)c2c(Cl)cccc2Cl)c1. The van der Waals surface area contributed by atoms with E-state index in [2.05, 4.69) is 29.3 Å². The van der Waals surface area contributed by atoms with Gasteiger partial charge in [-0.2, -0.15) is 0 Å². The van der Waals surface area contributed by atoms with Gasteiger partial charge < -0.3 is 16.4 Å². The van der Waals surface area contributed by atoms with Gasteiger partial charge in [0.05, 0.1) is 22.2 Å². The second-order valence-corrected chi connectivity index (χ2v) is 9.53. The normalized spacial score (nSPS) is 10.8. The van der Waals surface area contributed by atoms with Crippen LogP contribution in [0.25, 0.3) is 0 Å². The molecule has 0 aliphatic carbocycles. The van der Waals surface area contributed by atoms with E-state index >= 15 is 0 Å². The molecule has 188 valence electrons. The van der Waals surface area contributed by atoms with Crippen molar-refractivity contribution in [2.75, 3.05) is 6.54 Å². The molecular formula is C30H28Cl2N4O. The van der Waals surface area contributed by atoms with Crippen LogP contribution in [0, 0.1) is 0 Å². The second kappa shape index (κ2) is 12.4. The Bertz CT molecular complexity index is 1310. The molecule has 4 aromatic rings. The van der Waals surface area contributed by atoms with E-state index in [9.17, 15) is 4.79 Å². The van der Waals surface area contributed by atoms with E-state index in [-0.39, 0.29) is 17.8 Å². The number of nitrogens with two attached hydrogens (primary N) is 2. The first-order chi connectivity index (χ1) is 17.9. The van der Waals surface area contributed by atoms with E-state index < -0.39 is 0 Å². The lowest BCUT2D eigenvalue weighted by molar-refractivity contribution is 0.0738. The fourth-order valence-electron chi connectivity index (χ4n) is 4.30. The van der Waals surface area contributed by atoms with Crippen LogP contribution in [0.15, 0.2) is 108 Å². The number of nitrogens with zero attached hydrogens (tertiary/aromatic N) is 2. The van der Waals surface area contributed by atoms with Crippen LogP contribution in [-0.2, 0) is 13.1 Å². The van der Waals surface area contributed by atoms with Crippen LogP contribution in [0.3, 0.4) is 0 Å². The number of aliphatic imine (C=N–C) groups is 1. The van der Waals surface area contributed by atoms with Crippen LogP contribution in [0.4, 0.5) is 0 Å². The lowest BCUT2D eigenvalue weighted by atomic mass is 9.90. The van der Waals surface area contributed by atoms with E-state index in [0.29, 0.717) is 35.2 Å². The second-order valence-electron chi connectivity index (χ2n) is 8.72. The van der Waals surface area contributed by atoms with Gasteiger partial charge in [0.2, 0.25) is 0 Å². The molecule has 1 amide bonds. The Kier molecular flexibility index (Phi) is 8.83. The molecule has 5 nitrogen and oxygen atoms in total. The predicted octanol–water partition coefficient (Wildman–Crippen LogP) is 6.24. The van der Waals surface area contributed by atoms with Crippen molar-refractivity contribution < 1.29 is 4.79 Å². The summed E-state index contributed by atoms with van der Waals surface area (Å²) in [7, 11) is 0. The summed E-state index contributed by atoms with van der Waals surface area (Å²) in [5, 5.41) is 0.639. The molecule has 4 rings (SSSR count). The Morgan fingerprint density at radius 2 is 1.30 bits per heavy atom. The van der Waals surface area contributed by atoms with Gasteiger partial charge in [0.15, 0.2) is 5.96 Å². The lowest BCUT2D eigenvalue weighted by Crippen LogP contribution is -2.35. The summed E-state index contributed by atoms with van der Waals surface area (Å²) in [6, 6.07) is 33.3. The van der Waals surface area contributed by atoms with E-state index in [1.807, 2.05) is 60.7 Å². The highest BCUT2D eigenvalue weighted by molar-refractivity contribution is 6.39. The van der Waals surface area contributed by atoms with Gasteiger partial charge in [0.25, 0.3) is 5.91 Å². The lowest BCUT2D eigenvalue weighted by Gasteiger charge is -2.29. The molecule has 0 bridgehead atoms. The van der Waals surface area contributed by atoms with Gasteiger partial charge in [0.1, 0.15) is 0 Å². The maximum atomic E-state index is 14.0. The van der Waals surface area contributed by atoms with Crippen molar-refractivity contribution >= 4 is 35.1 Å². The molecule has 37 heavy (non-hydrogen) atoms. The van der Waals surface area contributed by atoms with E-state index in [1.165, 1.54) is 0 Å². The number of carbonyl (C=O) groups is 1. The van der Waals surface area contributed by atoms with Crippen LogP contribution in [0.5, 0.6) is 0 Å². The molecule has 0 spiro atoms. The number of hydrogen-bond donors (Lipinski definition) is 2. The minimum atomic E-state index is -0.234. The topological polar surface area (TPSA) is 84.7 Å². The molecule has 0 radical (unpaired) electrons. The third kappa shape index (κ3) is 6.91. The molecular weight excluding hydrogens is 503 g/mol. The zero-order valence-electron chi connectivity index (χ0n) is 20.2. The van der Waals surface area contributed by atoms with Crippen molar-refractivity contribution in [3.05, 3.63) is 141 Å². The zero-order chi connectivity index (χ0) is 26.2. The van der Waals surface area contributed by atoms with Crippen LogP contribution in [-0.4, -0.2) is 23.3 Å². The molecule has 0 aliphatic heterocycles. The number of benzene rings is 4. The fraction of sp³-hybridized carbons (Fsp3) is 0.133. The van der Waals surface area contributed by atoms with Crippen molar-refractivity contribution in [2.24, 2.45) is 16.5 Å². The molecule has 0 aromatic heterocycles. The first kappa shape index (κ1) is 26.3. The van der Waals surface area contributed by atoms with Gasteiger partial charge in [0, 0.05) is 19.0 Å². The summed E-state index contributed by atoms with van der Waals surface area (Å²) in [6.45, 7) is 1.13. The van der Waals surface area contributed by atoms with Crippen molar-refractivity contribution in [3.8, 4) is 0 Å². The summed E-state index contributed by atoms with van der Waals surface area (Å²) in [5.41, 5.74) is 15.4. The van der Waals surface area contributed by atoms with Crippen LogP contribution in [0.1, 0.15) is 38.5 Å². The van der Waals surface area contributed by atoms with E-state index in [4.69, 9.17) is 34.7 Å². The Morgan fingerprint density at radius 3 is 1.86 bits per heavy atom. The zero-order valence-corrected chi connectivity index (χ0v) is 21.7. The smallest absolute Gasteiger partial charge is 0.257 e. The predicted molar refractivity (Wildman–Crippen MR) is 152 cm³/mol. The van der Waals surface area contributed by atoms with Crippen LogP contribution < -0.4 is 11.5 Å². The Hall–Kier alpha value is -3.80. The number of halogens is 2. The molecule has 7 heteroatoms. The van der Waals surface area contributed by atoms with Crippen LogP contribution >= 0.6 is 23.2 Å². The van der Waals surface area contributed by atoms with Gasteiger partial charge in [-0.15, -0.1) is 0 Å². The third-order valence-electron chi connectivity index (χ3n) is 6.08. The van der Waals surface area contributed by atoms with Gasteiger partial charge in [-0.05, 0) is 34.4 Å². The van der Waals surface area contributed by atoms with Crippen molar-refractivity contribution in [2.45, 2.75) is 19.0 Å². The number of carbonyl (C=O) groups excluding carboxylic acids is 1. The van der Waals surface area contributed by atoms with Gasteiger partial charge in [-0.25, -0.2) is 4.99 Å². The molecule has 0 heterocycles. The average Bonchev–Trinajstić information content (AvgIpc) is 2.91. The standard InChI is InChI=1S/C30H28Cl2N4O/c31-26-15-8-16-27(32)28(26)29(37)36(19-22-10-7-9-21(17-22)18-35-30(33)34)20-25(23-11-3-1-4-12-23)24-13-5-2-6-14-24/h1-17,25H,18-20H2,(H4,33,34,35). The highest BCUT2D eigenvalue weighted by atomic mass is 35.5. The molecule has 0 saturated heterocycles. The molecule has 0 unspecified atom stereocenters. The maximum Gasteiger partial charge on any atom is 0.257 e. The summed E-state index contributed by atoms with van der Waals surface area (Å²) < 4.78 is 0. The fourth-order valence-corrected chi connectivity index (χ4v) is 4.86. The summed E-state index contributed by atoms with van der Waals surface area (Å²) in [4.78, 5) is 19.9. The van der Waals surface area contributed by atoms with Crippen molar-refractivity contribution in [1.82, 2.24) is 4.90 Å². The highest BCUT2D eigenvalue weighted by Gasteiger charge is 2.26. The van der Waals surface area contributed by atoms with E-state index in [1.54, 1.807) is 23.1 Å². The van der Waals surface area contributed by atoms with Crippen LogP contribution in [0.2, 0.25) is 10.0 Å². The summed E-state index contributed by atoms with van der Waals surface area (Å²) in [6.07, 6.45) is 0. The van der Waals surface area contributed by atoms with Gasteiger partial charge in [-0.3, -0.25) is 4.79 Å². The molecule has 0 aliphatic rings. The Labute approximate surface area is 227 Å². The number of guanidine groups is 1. The highest BCUT2D eigenvalue weighted by Crippen LogP contribution is 2.30. The quantitative estimate of drug-likeness (QED) is 0.198. The number of rotatable bonds is 9. The third-order valence-corrected chi connectivity index (χ3v) is 6.71. The number of hydrogen-bond acceptors (Lipinski definition) is 2. The van der Waals surface area contributed by atoms with Gasteiger partial charge >= 0.3 is 0 Å².